The molecule has 0 bridgehead atoms. The molecule has 14 heteroatoms. The quantitative estimate of drug-likeness (QED) is 0.108. The number of piperazine rings is 1. The Morgan fingerprint density at radius 3 is 2.30 bits per heavy atom. The first-order valence-electron chi connectivity index (χ1n) is 18.2. The Morgan fingerprint density at radius 2 is 1.61 bits per heavy atom. The van der Waals surface area contributed by atoms with Gasteiger partial charge in [-0.1, -0.05) is 31.2 Å². The summed E-state index contributed by atoms with van der Waals surface area (Å²) in [5, 5.41) is 8.76. The van der Waals surface area contributed by atoms with Crippen LogP contribution in [0.3, 0.4) is 0 Å². The van der Waals surface area contributed by atoms with Crippen molar-refractivity contribution < 1.29 is 32.9 Å². The van der Waals surface area contributed by atoms with Gasteiger partial charge in [0.15, 0.2) is 23.1 Å². The number of amides is 2. The summed E-state index contributed by atoms with van der Waals surface area (Å²) in [6.45, 7) is 13.0. The fourth-order valence-electron chi connectivity index (χ4n) is 6.07. The molecule has 0 unspecified atom stereocenters. The fraction of sp³-hybridized carbons (Fsp3) is 0.400. The maximum absolute atomic E-state index is 15.2. The minimum absolute atomic E-state index is 0.0496. The number of methoxy groups -OCH3 is 2. The first kappa shape index (κ1) is 39.9. The predicted octanol–water partition coefficient (Wildman–Crippen LogP) is 5.74. The van der Waals surface area contributed by atoms with Crippen molar-refractivity contribution in [1.29, 1.82) is 0 Å². The van der Waals surface area contributed by atoms with Crippen LogP contribution in [0.5, 0.6) is 23.1 Å². The van der Waals surface area contributed by atoms with Crippen LogP contribution >= 0.6 is 0 Å². The van der Waals surface area contributed by atoms with E-state index in [1.165, 1.54) is 19.4 Å². The van der Waals surface area contributed by atoms with Crippen LogP contribution in [0.2, 0.25) is 0 Å². The molecule has 0 aliphatic carbocycles. The van der Waals surface area contributed by atoms with Gasteiger partial charge in [0, 0.05) is 70.0 Å². The number of rotatable bonds is 18. The van der Waals surface area contributed by atoms with Crippen LogP contribution in [0, 0.1) is 19.7 Å². The van der Waals surface area contributed by atoms with Gasteiger partial charge in [0.2, 0.25) is 17.7 Å². The van der Waals surface area contributed by atoms with E-state index in [-0.39, 0.29) is 41.2 Å². The van der Waals surface area contributed by atoms with Gasteiger partial charge in [0.05, 0.1) is 20.1 Å². The zero-order chi connectivity index (χ0) is 38.5. The summed E-state index contributed by atoms with van der Waals surface area (Å²) in [7, 11) is 3.04. The highest BCUT2D eigenvalue weighted by atomic mass is 19.1. The van der Waals surface area contributed by atoms with Crippen LogP contribution in [0.4, 0.5) is 21.7 Å². The molecule has 0 atom stereocenters. The van der Waals surface area contributed by atoms with Gasteiger partial charge in [-0.25, -0.2) is 9.37 Å². The van der Waals surface area contributed by atoms with E-state index in [4.69, 9.17) is 18.9 Å². The van der Waals surface area contributed by atoms with E-state index >= 15 is 4.39 Å². The first-order valence-corrected chi connectivity index (χ1v) is 18.2. The summed E-state index contributed by atoms with van der Waals surface area (Å²) in [5.74, 6) is -0.490. The minimum Gasteiger partial charge on any atom is -0.493 e. The van der Waals surface area contributed by atoms with Gasteiger partial charge in [-0.15, -0.1) is 0 Å². The second-order valence-electron chi connectivity index (χ2n) is 13.0. The van der Waals surface area contributed by atoms with Crippen molar-refractivity contribution in [3.63, 3.8) is 0 Å². The summed E-state index contributed by atoms with van der Waals surface area (Å²) >= 11 is 0. The monoisotopic (exact) mass is 743 g/mol. The molecular weight excluding hydrogens is 693 g/mol. The molecule has 1 aliphatic heterocycles. The van der Waals surface area contributed by atoms with E-state index in [9.17, 15) is 9.59 Å². The van der Waals surface area contributed by atoms with E-state index in [1.807, 2.05) is 32.0 Å². The van der Waals surface area contributed by atoms with Crippen molar-refractivity contribution >= 4 is 29.1 Å². The van der Waals surface area contributed by atoms with Gasteiger partial charge in [-0.05, 0) is 67.8 Å². The Bertz CT molecular complexity index is 1870. The SMILES string of the molecule is CCCN1CCN(CCOc2ccc(Nc3ncc(C(=O)Nc4c(C)cccc4C)c(Oc4ccc(CC(=O)NCCOC)cc4OC)n3)cc2F)CC1. The molecule has 13 nitrogen and oxygen atoms in total. The molecule has 3 N–H and O–H groups in total. The number of ether oxygens (including phenoxy) is 4. The van der Waals surface area contributed by atoms with Crippen LogP contribution in [0.15, 0.2) is 60.8 Å². The lowest BCUT2D eigenvalue weighted by Crippen LogP contribution is -2.47. The third kappa shape index (κ3) is 11.1. The topological polar surface area (TPSA) is 139 Å². The Balaban J connectivity index is 1.32. The predicted molar refractivity (Wildman–Crippen MR) is 206 cm³/mol. The van der Waals surface area contributed by atoms with Gasteiger partial charge in [0.25, 0.3) is 5.91 Å². The average Bonchev–Trinajstić information content (AvgIpc) is 3.15. The summed E-state index contributed by atoms with van der Waals surface area (Å²) < 4.78 is 37.8. The lowest BCUT2D eigenvalue weighted by molar-refractivity contribution is -0.120. The number of hydrogen-bond donors (Lipinski definition) is 3. The van der Waals surface area contributed by atoms with Crippen LogP contribution < -0.4 is 30.2 Å². The molecule has 1 fully saturated rings. The van der Waals surface area contributed by atoms with Gasteiger partial charge >= 0.3 is 0 Å². The van der Waals surface area contributed by atoms with Crippen molar-refractivity contribution in [1.82, 2.24) is 25.1 Å². The number of aryl methyl sites for hydroxylation is 2. The Morgan fingerprint density at radius 1 is 0.889 bits per heavy atom. The van der Waals surface area contributed by atoms with Crippen LogP contribution in [-0.4, -0.2) is 105 Å². The molecule has 0 saturated carbocycles. The van der Waals surface area contributed by atoms with Gasteiger partial charge in [-0.3, -0.25) is 14.5 Å². The summed E-state index contributed by atoms with van der Waals surface area (Å²) in [6, 6.07) is 15.3. The molecule has 2 amide bonds. The van der Waals surface area contributed by atoms with Crippen molar-refractivity contribution in [3.05, 3.63) is 88.9 Å². The van der Waals surface area contributed by atoms with E-state index in [0.717, 1.165) is 56.8 Å². The lowest BCUT2D eigenvalue weighted by Gasteiger charge is -2.34. The van der Waals surface area contributed by atoms with Gasteiger partial charge < -0.3 is 39.8 Å². The number of hydrogen-bond acceptors (Lipinski definition) is 11. The third-order valence-electron chi connectivity index (χ3n) is 9.00. The molecule has 0 radical (unpaired) electrons. The number of aromatic nitrogens is 2. The summed E-state index contributed by atoms with van der Waals surface area (Å²) in [4.78, 5) is 39.8. The third-order valence-corrected chi connectivity index (χ3v) is 9.00. The molecular formula is C40H50FN7O6. The molecule has 54 heavy (non-hydrogen) atoms. The second-order valence-corrected chi connectivity index (χ2v) is 13.0. The Kier molecular flexibility index (Phi) is 14.5. The number of carbonyl (C=O) groups excluding carboxylic acids is 2. The van der Waals surface area contributed by atoms with E-state index in [1.54, 1.807) is 37.4 Å². The molecule has 1 aromatic heterocycles. The maximum Gasteiger partial charge on any atom is 0.262 e. The number of nitrogens with one attached hydrogen (secondary N) is 3. The molecule has 5 rings (SSSR count). The Labute approximate surface area is 316 Å². The van der Waals surface area contributed by atoms with Crippen molar-refractivity contribution in [2.75, 3.05) is 83.9 Å². The number of benzene rings is 3. The highest BCUT2D eigenvalue weighted by molar-refractivity contribution is 6.06. The maximum atomic E-state index is 15.2. The highest BCUT2D eigenvalue weighted by Crippen LogP contribution is 2.34. The van der Waals surface area contributed by atoms with Crippen LogP contribution in [0.1, 0.15) is 40.4 Å². The highest BCUT2D eigenvalue weighted by Gasteiger charge is 2.21. The first-order chi connectivity index (χ1) is 26.2. The lowest BCUT2D eigenvalue weighted by atomic mass is 10.1. The second kappa shape index (κ2) is 19.7. The van der Waals surface area contributed by atoms with E-state index < -0.39 is 11.7 Å². The fourth-order valence-corrected chi connectivity index (χ4v) is 6.07. The van der Waals surface area contributed by atoms with Crippen LogP contribution in [0.25, 0.3) is 0 Å². The smallest absolute Gasteiger partial charge is 0.262 e. The molecule has 1 saturated heterocycles. The molecule has 4 aromatic rings. The summed E-state index contributed by atoms with van der Waals surface area (Å²) in [5.41, 5.74) is 3.53. The van der Waals surface area contributed by atoms with Gasteiger partial charge in [-0.2, -0.15) is 4.98 Å². The average molecular weight is 744 g/mol. The number of para-hydroxylation sites is 1. The van der Waals surface area contributed by atoms with Crippen molar-refractivity contribution in [2.24, 2.45) is 0 Å². The van der Waals surface area contributed by atoms with Crippen molar-refractivity contribution in [3.8, 4) is 23.1 Å². The van der Waals surface area contributed by atoms with Gasteiger partial charge in [0.1, 0.15) is 12.2 Å². The molecule has 288 valence electrons. The van der Waals surface area contributed by atoms with E-state index in [0.29, 0.717) is 42.4 Å². The number of anilines is 3. The number of halogens is 1. The normalized spacial score (nSPS) is 13.3. The minimum atomic E-state index is -0.536. The zero-order valence-corrected chi connectivity index (χ0v) is 31.7. The molecule has 1 aliphatic rings. The largest absolute Gasteiger partial charge is 0.493 e. The van der Waals surface area contributed by atoms with E-state index in [2.05, 4.69) is 42.6 Å². The molecule has 2 heterocycles. The molecule has 0 spiro atoms. The zero-order valence-electron chi connectivity index (χ0n) is 31.7. The summed E-state index contributed by atoms with van der Waals surface area (Å²) in [6.07, 6.45) is 2.60. The van der Waals surface area contributed by atoms with Crippen LogP contribution in [-0.2, 0) is 16.0 Å². The Hall–Kier alpha value is -5.31. The van der Waals surface area contributed by atoms with Crippen molar-refractivity contribution in [2.45, 2.75) is 33.6 Å². The molecule has 3 aromatic carbocycles. The number of nitrogens with zero attached hydrogens (tertiary/aromatic N) is 4. The number of carbonyl (C=O) groups is 2. The standard InChI is InChI=1S/C40H50FN7O6/c1-6-15-47-16-18-48(19-17-47)20-22-53-33-13-11-30(25-32(33)41)44-40-43-26-31(38(50)45-37-27(2)8-7-9-28(37)3)39(46-40)54-34-12-10-29(23-35(34)52-5)24-36(49)42-14-21-51-4/h7-13,23,25-26H,6,14-22,24H2,1-5H3,(H,42,49)(H,45,50)(H,43,44,46).